The highest BCUT2D eigenvalue weighted by Gasteiger charge is 2.34. The Morgan fingerprint density at radius 1 is 1.03 bits per heavy atom. The summed E-state index contributed by atoms with van der Waals surface area (Å²) in [5.41, 5.74) is 3.88. The normalized spacial score (nSPS) is 16.0. The predicted molar refractivity (Wildman–Crippen MR) is 135 cm³/mol. The van der Waals surface area contributed by atoms with Crippen LogP contribution in [0, 0.1) is 6.92 Å². The SMILES string of the molecule is Cc1ccc(CN2C(=O)[C@@H](N[C@@H](CCc3ccccc3)C(=O)O)COc3ccccc32)cc1.Cl. The Balaban J connectivity index is 0.00000324. The molecule has 0 spiro atoms. The topological polar surface area (TPSA) is 78.9 Å². The molecule has 1 aliphatic rings. The lowest BCUT2D eigenvalue weighted by Crippen LogP contribution is -2.53. The second-order valence-electron chi connectivity index (χ2n) is 8.32. The number of hydrogen-bond donors (Lipinski definition) is 2. The Labute approximate surface area is 206 Å². The molecule has 2 atom stereocenters. The molecule has 6 nitrogen and oxygen atoms in total. The second-order valence-corrected chi connectivity index (χ2v) is 8.32. The quantitative estimate of drug-likeness (QED) is 0.500. The molecule has 1 heterocycles. The summed E-state index contributed by atoms with van der Waals surface area (Å²) in [7, 11) is 0. The Hall–Kier alpha value is -3.35. The summed E-state index contributed by atoms with van der Waals surface area (Å²) >= 11 is 0. The molecule has 0 radical (unpaired) electrons. The van der Waals surface area contributed by atoms with Crippen LogP contribution in [0.2, 0.25) is 0 Å². The van der Waals surface area contributed by atoms with Crippen molar-refractivity contribution in [3.8, 4) is 5.75 Å². The molecule has 0 aromatic heterocycles. The number of anilines is 1. The minimum atomic E-state index is -0.981. The standard InChI is InChI=1S/C27H28N2O4.ClH/c1-19-11-13-21(14-12-19)17-29-24-9-5-6-10-25(24)33-18-23(26(29)30)28-22(27(31)32)16-15-20-7-3-2-4-8-20;/h2-14,22-23,28H,15-18H2,1H3,(H,31,32);1H/t22-,23-;/m0./s1. The number of rotatable bonds is 8. The number of ether oxygens (including phenoxy) is 1. The summed E-state index contributed by atoms with van der Waals surface area (Å²) in [6.45, 7) is 2.46. The van der Waals surface area contributed by atoms with Crippen LogP contribution >= 0.6 is 12.4 Å². The third kappa shape index (κ3) is 6.16. The molecule has 0 fully saturated rings. The van der Waals surface area contributed by atoms with Crippen molar-refractivity contribution in [3.63, 3.8) is 0 Å². The van der Waals surface area contributed by atoms with Gasteiger partial charge in [-0.15, -0.1) is 12.4 Å². The van der Waals surface area contributed by atoms with Crippen molar-refractivity contribution in [2.24, 2.45) is 0 Å². The number of nitrogens with one attached hydrogen (secondary N) is 1. The molecule has 178 valence electrons. The number of aryl methyl sites for hydroxylation is 2. The van der Waals surface area contributed by atoms with E-state index >= 15 is 0 Å². The largest absolute Gasteiger partial charge is 0.489 e. The number of carboxylic acids is 1. The zero-order chi connectivity index (χ0) is 23.2. The van der Waals surface area contributed by atoms with Crippen molar-refractivity contribution >= 4 is 30.0 Å². The van der Waals surface area contributed by atoms with Crippen LogP contribution in [0.1, 0.15) is 23.1 Å². The number of hydrogen-bond acceptors (Lipinski definition) is 4. The van der Waals surface area contributed by atoms with Gasteiger partial charge in [-0.3, -0.25) is 14.9 Å². The van der Waals surface area contributed by atoms with Gasteiger partial charge in [0.2, 0.25) is 5.91 Å². The maximum Gasteiger partial charge on any atom is 0.320 e. The van der Waals surface area contributed by atoms with E-state index < -0.39 is 18.1 Å². The van der Waals surface area contributed by atoms with Gasteiger partial charge in [0.25, 0.3) is 0 Å². The van der Waals surface area contributed by atoms with E-state index in [1.807, 2.05) is 85.8 Å². The molecule has 0 unspecified atom stereocenters. The van der Waals surface area contributed by atoms with E-state index in [0.29, 0.717) is 30.8 Å². The molecule has 1 amide bonds. The third-order valence-corrected chi connectivity index (χ3v) is 5.85. The summed E-state index contributed by atoms with van der Waals surface area (Å²) in [6.07, 6.45) is 0.966. The summed E-state index contributed by atoms with van der Waals surface area (Å²) in [5, 5.41) is 12.9. The van der Waals surface area contributed by atoms with E-state index in [1.165, 1.54) is 0 Å². The number of fused-ring (bicyclic) bond motifs is 1. The van der Waals surface area contributed by atoms with Crippen LogP contribution in [-0.4, -0.2) is 35.7 Å². The van der Waals surface area contributed by atoms with Crippen molar-refractivity contribution in [2.45, 2.75) is 38.4 Å². The van der Waals surface area contributed by atoms with E-state index in [1.54, 1.807) is 4.90 Å². The maximum absolute atomic E-state index is 13.6. The zero-order valence-electron chi connectivity index (χ0n) is 19.0. The fourth-order valence-electron chi connectivity index (χ4n) is 3.99. The van der Waals surface area contributed by atoms with Gasteiger partial charge < -0.3 is 14.7 Å². The Bertz CT molecular complexity index is 1110. The van der Waals surface area contributed by atoms with Crippen LogP contribution in [0.3, 0.4) is 0 Å². The van der Waals surface area contributed by atoms with Crippen molar-refractivity contribution in [1.82, 2.24) is 5.32 Å². The highest BCUT2D eigenvalue weighted by molar-refractivity contribution is 5.99. The van der Waals surface area contributed by atoms with E-state index in [2.05, 4.69) is 5.32 Å². The number of carbonyl (C=O) groups excluding carboxylic acids is 1. The predicted octanol–water partition coefficient (Wildman–Crippen LogP) is 4.39. The highest BCUT2D eigenvalue weighted by Crippen LogP contribution is 2.32. The zero-order valence-corrected chi connectivity index (χ0v) is 19.8. The average Bonchev–Trinajstić information content (AvgIpc) is 2.95. The van der Waals surface area contributed by atoms with Gasteiger partial charge in [-0.05, 0) is 43.0 Å². The number of amides is 1. The minimum absolute atomic E-state index is 0. The first-order chi connectivity index (χ1) is 16.0. The minimum Gasteiger partial charge on any atom is -0.489 e. The molecule has 4 rings (SSSR count). The van der Waals surface area contributed by atoms with E-state index in [4.69, 9.17) is 4.74 Å². The Morgan fingerprint density at radius 3 is 2.41 bits per heavy atom. The number of carboxylic acid groups (broad SMARTS) is 1. The van der Waals surface area contributed by atoms with Gasteiger partial charge in [-0.1, -0.05) is 72.3 Å². The Kier molecular flexibility index (Phi) is 8.68. The molecule has 2 N–H and O–H groups in total. The number of para-hydroxylation sites is 2. The van der Waals surface area contributed by atoms with E-state index in [9.17, 15) is 14.7 Å². The van der Waals surface area contributed by atoms with Gasteiger partial charge in [0.05, 0.1) is 12.2 Å². The fraction of sp³-hybridized carbons (Fsp3) is 0.259. The second kappa shape index (κ2) is 11.7. The summed E-state index contributed by atoms with van der Waals surface area (Å²) in [5.74, 6) is -0.574. The molecule has 1 aliphatic heterocycles. The lowest BCUT2D eigenvalue weighted by molar-refractivity contribution is -0.140. The smallest absolute Gasteiger partial charge is 0.320 e. The van der Waals surface area contributed by atoms with Crippen LogP contribution in [-0.2, 0) is 22.6 Å². The van der Waals surface area contributed by atoms with Gasteiger partial charge in [0, 0.05) is 0 Å². The molecule has 0 saturated carbocycles. The van der Waals surface area contributed by atoms with Crippen molar-refractivity contribution < 1.29 is 19.4 Å². The van der Waals surface area contributed by atoms with Crippen LogP contribution in [0.5, 0.6) is 5.75 Å². The van der Waals surface area contributed by atoms with Gasteiger partial charge in [-0.2, -0.15) is 0 Å². The van der Waals surface area contributed by atoms with Gasteiger partial charge >= 0.3 is 5.97 Å². The van der Waals surface area contributed by atoms with Gasteiger partial charge in [0.15, 0.2) is 0 Å². The average molecular weight is 481 g/mol. The van der Waals surface area contributed by atoms with Crippen LogP contribution in [0.25, 0.3) is 0 Å². The molecule has 34 heavy (non-hydrogen) atoms. The van der Waals surface area contributed by atoms with Crippen LogP contribution in [0.15, 0.2) is 78.9 Å². The van der Waals surface area contributed by atoms with Crippen LogP contribution < -0.4 is 15.0 Å². The molecule has 0 saturated heterocycles. The number of nitrogens with zero attached hydrogens (tertiary/aromatic N) is 1. The first-order valence-electron chi connectivity index (χ1n) is 11.1. The van der Waals surface area contributed by atoms with Gasteiger partial charge in [-0.25, -0.2) is 0 Å². The first kappa shape index (κ1) is 25.3. The Morgan fingerprint density at radius 2 is 1.71 bits per heavy atom. The van der Waals surface area contributed by atoms with Crippen molar-refractivity contribution in [2.75, 3.05) is 11.5 Å². The first-order valence-corrected chi connectivity index (χ1v) is 11.1. The molecule has 3 aromatic rings. The number of carbonyl (C=O) groups is 2. The van der Waals surface area contributed by atoms with E-state index in [-0.39, 0.29) is 24.9 Å². The number of benzene rings is 3. The van der Waals surface area contributed by atoms with Crippen LogP contribution in [0.4, 0.5) is 5.69 Å². The molecule has 0 aliphatic carbocycles. The third-order valence-electron chi connectivity index (χ3n) is 5.85. The van der Waals surface area contributed by atoms with E-state index in [0.717, 1.165) is 16.7 Å². The highest BCUT2D eigenvalue weighted by atomic mass is 35.5. The molecule has 0 bridgehead atoms. The summed E-state index contributed by atoms with van der Waals surface area (Å²) in [4.78, 5) is 27.3. The van der Waals surface area contributed by atoms with Crippen molar-refractivity contribution in [3.05, 3.63) is 95.6 Å². The molecular formula is C27H29ClN2O4. The lowest BCUT2D eigenvalue weighted by Gasteiger charge is -2.26. The molecular weight excluding hydrogens is 452 g/mol. The summed E-state index contributed by atoms with van der Waals surface area (Å²) < 4.78 is 5.94. The van der Waals surface area contributed by atoms with Crippen molar-refractivity contribution in [1.29, 1.82) is 0 Å². The lowest BCUT2D eigenvalue weighted by atomic mass is 10.0. The molecule has 3 aromatic carbocycles. The number of aliphatic carboxylic acids is 1. The summed E-state index contributed by atoms with van der Waals surface area (Å²) in [6, 6.07) is 23.5. The maximum atomic E-state index is 13.6. The number of halogens is 1. The van der Waals surface area contributed by atoms with Gasteiger partial charge in [0.1, 0.15) is 24.4 Å². The molecule has 7 heteroatoms. The monoisotopic (exact) mass is 480 g/mol. The fourth-order valence-corrected chi connectivity index (χ4v) is 3.99.